The maximum absolute atomic E-state index is 12.7. The number of rotatable bonds is 5. The van der Waals surface area contributed by atoms with Gasteiger partial charge in [0, 0.05) is 0 Å². The maximum Gasteiger partial charge on any atom is 0.246 e. The third kappa shape index (κ3) is 5.14. The molecular weight excluding hydrogens is 251 g/mol. The van der Waals surface area contributed by atoms with Crippen molar-refractivity contribution >= 4 is 11.8 Å². The Labute approximate surface area is 113 Å². The summed E-state index contributed by atoms with van der Waals surface area (Å²) in [7, 11) is 0. The Hall–Kier alpha value is -1.17. The fraction of sp³-hybridized carbons (Fsp3) is 0.846. The molecule has 1 atom stereocenters. The lowest BCUT2D eigenvalue weighted by molar-refractivity contribution is -0.144. The Morgan fingerprint density at radius 3 is 2.42 bits per heavy atom. The first kappa shape index (κ1) is 15.9. The third-order valence-corrected chi connectivity index (χ3v) is 2.83. The molecule has 1 heterocycles. The number of ether oxygens (including phenoxy) is 1. The van der Waals surface area contributed by atoms with Crippen LogP contribution in [0.5, 0.6) is 0 Å². The summed E-state index contributed by atoms with van der Waals surface area (Å²) in [6.45, 7) is 7.53. The summed E-state index contributed by atoms with van der Waals surface area (Å²) < 4.78 is 18.0. The molecule has 5 nitrogen and oxygen atoms in total. The highest BCUT2D eigenvalue weighted by atomic mass is 19.1. The Balaban J connectivity index is 2.39. The maximum atomic E-state index is 12.7. The molecule has 0 aliphatic carbocycles. The highest BCUT2D eigenvalue weighted by Crippen LogP contribution is 2.13. The molecule has 2 amide bonds. The second-order valence-corrected chi connectivity index (χ2v) is 5.77. The van der Waals surface area contributed by atoms with Gasteiger partial charge in [-0.3, -0.25) is 9.59 Å². The van der Waals surface area contributed by atoms with Crippen LogP contribution in [-0.4, -0.2) is 54.2 Å². The standard InChI is InChI=1S/C13H23FN2O3/c1-5-10(12(18)16-6-9(14)7-16)15-11(17)8-19-13(2,3)4/h9-10H,5-8H2,1-4H3,(H,15,17)/t10-/m1/s1. The quantitative estimate of drug-likeness (QED) is 0.809. The van der Waals surface area contributed by atoms with E-state index in [0.29, 0.717) is 6.42 Å². The van der Waals surface area contributed by atoms with E-state index in [2.05, 4.69) is 5.32 Å². The van der Waals surface area contributed by atoms with Crippen molar-refractivity contribution in [3.63, 3.8) is 0 Å². The number of halogens is 1. The van der Waals surface area contributed by atoms with Gasteiger partial charge in [0.05, 0.1) is 18.7 Å². The average Bonchev–Trinajstić information content (AvgIpc) is 2.27. The molecule has 110 valence electrons. The summed E-state index contributed by atoms with van der Waals surface area (Å²) >= 11 is 0. The molecule has 1 saturated heterocycles. The molecule has 0 aromatic carbocycles. The van der Waals surface area contributed by atoms with Gasteiger partial charge in [-0.15, -0.1) is 0 Å². The summed E-state index contributed by atoms with van der Waals surface area (Å²) in [5.74, 6) is -0.548. The fourth-order valence-corrected chi connectivity index (χ4v) is 1.68. The SMILES string of the molecule is CC[C@@H](NC(=O)COC(C)(C)C)C(=O)N1CC(F)C1. The first-order valence-corrected chi connectivity index (χ1v) is 6.59. The minimum absolute atomic E-state index is 0.0843. The van der Waals surface area contributed by atoms with Crippen LogP contribution in [0.1, 0.15) is 34.1 Å². The second kappa shape index (κ2) is 6.32. The van der Waals surface area contributed by atoms with Crippen LogP contribution in [0.25, 0.3) is 0 Å². The Kier molecular flexibility index (Phi) is 5.29. The number of hydrogen-bond acceptors (Lipinski definition) is 3. The molecule has 1 fully saturated rings. The fourth-order valence-electron chi connectivity index (χ4n) is 1.68. The van der Waals surface area contributed by atoms with Gasteiger partial charge in [-0.05, 0) is 27.2 Å². The van der Waals surface area contributed by atoms with Crippen molar-refractivity contribution in [2.75, 3.05) is 19.7 Å². The Morgan fingerprint density at radius 2 is 2.00 bits per heavy atom. The molecule has 0 aromatic rings. The molecule has 0 radical (unpaired) electrons. The Morgan fingerprint density at radius 1 is 1.42 bits per heavy atom. The average molecular weight is 274 g/mol. The lowest BCUT2D eigenvalue weighted by atomic mass is 10.1. The van der Waals surface area contributed by atoms with Crippen LogP contribution in [0.4, 0.5) is 4.39 Å². The van der Waals surface area contributed by atoms with E-state index >= 15 is 0 Å². The monoisotopic (exact) mass is 274 g/mol. The first-order valence-electron chi connectivity index (χ1n) is 6.59. The molecular formula is C13H23FN2O3. The van der Waals surface area contributed by atoms with Gasteiger partial charge in [0.2, 0.25) is 11.8 Å². The number of carbonyl (C=O) groups excluding carboxylic acids is 2. The minimum Gasteiger partial charge on any atom is -0.366 e. The number of amides is 2. The van der Waals surface area contributed by atoms with Crippen molar-refractivity contribution in [2.24, 2.45) is 0 Å². The molecule has 0 saturated carbocycles. The number of nitrogens with zero attached hydrogens (tertiary/aromatic N) is 1. The molecule has 1 aliphatic heterocycles. The van der Waals surface area contributed by atoms with E-state index in [9.17, 15) is 14.0 Å². The highest BCUT2D eigenvalue weighted by molar-refractivity contribution is 5.88. The van der Waals surface area contributed by atoms with Crippen molar-refractivity contribution in [3.8, 4) is 0 Å². The van der Waals surface area contributed by atoms with Gasteiger partial charge in [0.1, 0.15) is 18.8 Å². The van der Waals surface area contributed by atoms with Crippen LogP contribution in [0.2, 0.25) is 0 Å². The third-order valence-electron chi connectivity index (χ3n) is 2.83. The normalized spacial score (nSPS) is 17.8. The number of hydrogen-bond donors (Lipinski definition) is 1. The van der Waals surface area contributed by atoms with Gasteiger partial charge in [-0.25, -0.2) is 4.39 Å². The van der Waals surface area contributed by atoms with E-state index in [0.717, 1.165) is 0 Å². The molecule has 1 N–H and O–H groups in total. The van der Waals surface area contributed by atoms with Crippen LogP contribution in [-0.2, 0) is 14.3 Å². The number of nitrogens with one attached hydrogen (secondary N) is 1. The van der Waals surface area contributed by atoms with Gasteiger partial charge in [0.15, 0.2) is 0 Å². The molecule has 0 spiro atoms. The lowest BCUT2D eigenvalue weighted by Crippen LogP contribution is -2.58. The molecule has 19 heavy (non-hydrogen) atoms. The van der Waals surface area contributed by atoms with Crippen LogP contribution in [0.3, 0.4) is 0 Å². The summed E-state index contributed by atoms with van der Waals surface area (Å²) in [5, 5.41) is 2.63. The van der Waals surface area contributed by atoms with Crippen LogP contribution < -0.4 is 5.32 Å². The van der Waals surface area contributed by atoms with Gasteiger partial charge < -0.3 is 15.0 Å². The molecule has 0 bridgehead atoms. The van der Waals surface area contributed by atoms with Crippen molar-refractivity contribution in [1.29, 1.82) is 0 Å². The molecule has 0 aromatic heterocycles. The highest BCUT2D eigenvalue weighted by Gasteiger charge is 2.34. The minimum atomic E-state index is -0.929. The van der Waals surface area contributed by atoms with Gasteiger partial charge >= 0.3 is 0 Å². The van der Waals surface area contributed by atoms with Crippen LogP contribution in [0, 0.1) is 0 Å². The predicted octanol–water partition coefficient (Wildman–Crippen LogP) is 0.877. The lowest BCUT2D eigenvalue weighted by Gasteiger charge is -2.36. The van der Waals surface area contributed by atoms with Gasteiger partial charge in [0.25, 0.3) is 0 Å². The molecule has 0 unspecified atom stereocenters. The zero-order valence-electron chi connectivity index (χ0n) is 12.0. The van der Waals surface area contributed by atoms with Crippen LogP contribution in [0.15, 0.2) is 0 Å². The summed E-state index contributed by atoms with van der Waals surface area (Å²) in [6, 6.07) is -0.594. The summed E-state index contributed by atoms with van der Waals surface area (Å²) in [5.41, 5.74) is -0.401. The first-order chi connectivity index (χ1) is 8.73. The van der Waals surface area contributed by atoms with E-state index in [1.165, 1.54) is 4.90 Å². The Bertz CT molecular complexity index is 335. The van der Waals surface area contributed by atoms with E-state index in [1.54, 1.807) is 6.92 Å². The number of likely N-dealkylation sites (tertiary alicyclic amines) is 1. The second-order valence-electron chi connectivity index (χ2n) is 5.77. The number of alkyl halides is 1. The zero-order valence-corrected chi connectivity index (χ0v) is 12.0. The smallest absolute Gasteiger partial charge is 0.246 e. The van der Waals surface area contributed by atoms with Crippen molar-refractivity contribution in [3.05, 3.63) is 0 Å². The van der Waals surface area contributed by atoms with Crippen LogP contribution >= 0.6 is 0 Å². The van der Waals surface area contributed by atoms with Crippen molar-refractivity contribution in [1.82, 2.24) is 10.2 Å². The van der Waals surface area contributed by atoms with Crippen molar-refractivity contribution in [2.45, 2.75) is 51.9 Å². The van der Waals surface area contributed by atoms with Crippen molar-refractivity contribution < 1.29 is 18.7 Å². The van der Waals surface area contributed by atoms with E-state index in [1.807, 2.05) is 20.8 Å². The topological polar surface area (TPSA) is 58.6 Å². The van der Waals surface area contributed by atoms with E-state index in [-0.39, 0.29) is 31.5 Å². The predicted molar refractivity (Wildman–Crippen MR) is 69.4 cm³/mol. The zero-order chi connectivity index (χ0) is 14.6. The molecule has 1 aliphatic rings. The molecule has 6 heteroatoms. The van der Waals surface area contributed by atoms with Gasteiger partial charge in [-0.2, -0.15) is 0 Å². The number of carbonyl (C=O) groups is 2. The van der Waals surface area contributed by atoms with Gasteiger partial charge in [-0.1, -0.05) is 6.92 Å². The molecule has 1 rings (SSSR count). The summed E-state index contributed by atoms with van der Waals surface area (Å²) in [6.07, 6.45) is -0.450. The largest absolute Gasteiger partial charge is 0.366 e. The van der Waals surface area contributed by atoms with E-state index in [4.69, 9.17) is 4.74 Å². The summed E-state index contributed by atoms with van der Waals surface area (Å²) in [4.78, 5) is 25.0. The van der Waals surface area contributed by atoms with E-state index < -0.39 is 17.8 Å².